The molecule has 3 amide bonds. The lowest BCUT2D eigenvalue weighted by Crippen LogP contribution is -2.27. The topological polar surface area (TPSA) is 262 Å². The van der Waals surface area contributed by atoms with Crippen LogP contribution in [0.25, 0.3) is 22.3 Å². The number of hydrogen-bond donors (Lipinski definition) is 5. The zero-order chi connectivity index (χ0) is 60.3. The Hall–Kier alpha value is -6.34. The molecule has 0 saturated heterocycles. The summed E-state index contributed by atoms with van der Waals surface area (Å²) in [5.74, 6) is -0.561. The normalized spacial score (nSPS) is 13.8. The summed E-state index contributed by atoms with van der Waals surface area (Å²) in [4.78, 5) is 75.0. The van der Waals surface area contributed by atoms with Gasteiger partial charge in [-0.2, -0.15) is 0 Å². The SMILES string of the molecule is [2H]NC(=O)OCC1c2cc(C(=O)CCCCOCCCC)ccc2-c2ccc(C(=O)CCCOCCCCO)cc21.[2H]NC(=O)OCC1c2cc(CCCC(=O)NCCOCCCC)ccc2-c2c(C(=O)CCCOCCCCO)cccc21. The Kier molecular flexibility index (Phi) is 29.1. The van der Waals surface area contributed by atoms with E-state index in [1.54, 1.807) is 11.5 Å². The number of rotatable bonds is 41. The van der Waals surface area contributed by atoms with Crippen LogP contribution in [-0.4, -0.2) is 131 Å². The quantitative estimate of drug-likeness (QED) is 0.0205. The van der Waals surface area contributed by atoms with Crippen molar-refractivity contribution in [1.29, 1.82) is 0 Å². The van der Waals surface area contributed by atoms with E-state index in [9.17, 15) is 28.8 Å². The molecule has 4 aromatic carbocycles. The maximum Gasteiger partial charge on any atom is 0.404 e. The van der Waals surface area contributed by atoms with Gasteiger partial charge < -0.3 is 55.4 Å². The van der Waals surface area contributed by atoms with E-state index >= 15 is 0 Å². The maximum absolute atomic E-state index is 13.3. The molecular formula is C65H89N3O14. The lowest BCUT2D eigenvalue weighted by Gasteiger charge is -2.14. The van der Waals surface area contributed by atoms with Crippen LogP contribution in [0, 0.1) is 0 Å². The number of carbonyl (C=O) groups is 6. The van der Waals surface area contributed by atoms with Gasteiger partial charge in [-0.25, -0.2) is 9.59 Å². The molecular weight excluding hydrogens is 1050 g/mol. The number of aliphatic hydroxyl groups is 2. The molecule has 0 aliphatic heterocycles. The van der Waals surface area contributed by atoms with Gasteiger partial charge in [0, 0.05) is 120 Å². The lowest BCUT2D eigenvalue weighted by molar-refractivity contribution is -0.121. The fourth-order valence-corrected chi connectivity index (χ4v) is 10.1. The predicted molar refractivity (Wildman–Crippen MR) is 316 cm³/mol. The minimum absolute atomic E-state index is 0.000763. The fraction of sp³-hybridized carbons (Fsp3) is 0.538. The summed E-state index contributed by atoms with van der Waals surface area (Å²) in [5.41, 5.74) is 13.6. The second kappa shape index (κ2) is 37.7. The molecule has 6 rings (SSSR count). The molecule has 82 heavy (non-hydrogen) atoms. The standard InChI is InChI=1S/C33H46N2O7.C32H43NO7/c1-2-3-18-41-21-16-35-31(38)13-6-9-24-14-15-26-28(22-24)29(23-42-33(34)39)25-10-7-11-27(32(25)26)30(37)12-8-20-40-19-5-4-17-36;1-2-3-16-38-17-6-4-9-30(35)23-11-13-25-26-14-12-24(31(36)10-8-19-39-18-7-5-15-34)21-28(26)29(27(25)20-23)22-40-32(33)37/h7,10-11,14-15,22,29,36H,2-6,8-9,12-13,16-21,23H2,1H3,(H2,34,39)(H,35,38);11-14,20-21,29,34H,2-10,15-19,22H2,1H3,(H2,33,37)/i/hD2. The summed E-state index contributed by atoms with van der Waals surface area (Å²) in [6, 6.07) is 23.0. The number of aliphatic hydroxyl groups excluding tert-OH is 2. The van der Waals surface area contributed by atoms with Crippen molar-refractivity contribution < 1.29 is 70.2 Å². The highest BCUT2D eigenvalue weighted by Crippen LogP contribution is 2.48. The average Bonchev–Trinajstić information content (AvgIpc) is 3.16. The minimum atomic E-state index is -0.861. The van der Waals surface area contributed by atoms with Gasteiger partial charge in [0.2, 0.25) is 5.91 Å². The molecule has 0 saturated carbocycles. The molecule has 2 aliphatic carbocycles. The van der Waals surface area contributed by atoms with Crippen molar-refractivity contribution in [3.63, 3.8) is 0 Å². The molecule has 448 valence electrons. The van der Waals surface area contributed by atoms with Crippen molar-refractivity contribution in [2.24, 2.45) is 11.5 Å². The molecule has 0 fully saturated rings. The van der Waals surface area contributed by atoms with Crippen LogP contribution in [0.1, 0.15) is 194 Å². The number of ether oxygens (including phenoxy) is 6. The van der Waals surface area contributed by atoms with E-state index in [2.05, 4.69) is 25.2 Å². The minimum Gasteiger partial charge on any atom is -0.449 e. The van der Waals surface area contributed by atoms with Gasteiger partial charge >= 0.3 is 12.2 Å². The molecule has 0 bridgehead atoms. The van der Waals surface area contributed by atoms with E-state index in [0.717, 1.165) is 108 Å². The van der Waals surface area contributed by atoms with Crippen molar-refractivity contribution in [2.45, 2.75) is 141 Å². The first-order valence-electron chi connectivity index (χ1n) is 30.6. The molecule has 4 aromatic rings. The highest BCUT2D eigenvalue weighted by molar-refractivity contribution is 6.05. The molecule has 7 N–H and O–H groups in total. The number of carbonyl (C=O) groups excluding carboxylic acids is 6. The summed E-state index contributed by atoms with van der Waals surface area (Å²) in [6.45, 7) is 9.80. The summed E-state index contributed by atoms with van der Waals surface area (Å²) in [6.07, 6.45) is 11.2. The number of aryl methyl sites for hydroxylation is 1. The third-order valence-electron chi connectivity index (χ3n) is 14.5. The zero-order valence-electron chi connectivity index (χ0n) is 50.3. The maximum atomic E-state index is 13.3. The highest BCUT2D eigenvalue weighted by Gasteiger charge is 2.34. The first-order chi connectivity index (χ1) is 41.0. The largest absolute Gasteiger partial charge is 0.449 e. The van der Waals surface area contributed by atoms with Gasteiger partial charge in [-0.15, -0.1) is 0 Å². The highest BCUT2D eigenvalue weighted by atomic mass is 16.5. The van der Waals surface area contributed by atoms with Crippen LogP contribution in [0.4, 0.5) is 9.59 Å². The number of primary amides is 2. The molecule has 2 unspecified atom stereocenters. The number of ketones is 3. The molecule has 0 heterocycles. The number of nitrogens with two attached hydrogens (primary N) is 2. The second-order valence-corrected chi connectivity index (χ2v) is 20.8. The van der Waals surface area contributed by atoms with E-state index in [4.69, 9.17) is 41.5 Å². The molecule has 17 nitrogen and oxygen atoms in total. The van der Waals surface area contributed by atoms with Crippen LogP contribution >= 0.6 is 0 Å². The van der Waals surface area contributed by atoms with Crippen molar-refractivity contribution >= 4 is 35.4 Å². The molecule has 17 heteroatoms. The van der Waals surface area contributed by atoms with E-state index < -0.39 is 12.2 Å². The average molecular weight is 1140 g/mol. The third kappa shape index (κ3) is 21.8. The smallest absolute Gasteiger partial charge is 0.404 e. The van der Waals surface area contributed by atoms with Crippen molar-refractivity contribution in [3.8, 4) is 22.3 Å². The number of fused-ring (bicyclic) bond motifs is 6. The van der Waals surface area contributed by atoms with E-state index in [-0.39, 0.29) is 61.5 Å². The van der Waals surface area contributed by atoms with Crippen LogP contribution < -0.4 is 16.8 Å². The molecule has 0 aromatic heterocycles. The fourth-order valence-electron chi connectivity index (χ4n) is 10.1. The van der Waals surface area contributed by atoms with E-state index in [1.165, 1.54) is 0 Å². The summed E-state index contributed by atoms with van der Waals surface area (Å²) in [5, 5.41) is 20.6. The van der Waals surface area contributed by atoms with Crippen LogP contribution in [0.3, 0.4) is 0 Å². The summed E-state index contributed by atoms with van der Waals surface area (Å²) >= 11 is 0. The molecule has 2 aliphatic rings. The second-order valence-electron chi connectivity index (χ2n) is 20.8. The van der Waals surface area contributed by atoms with Crippen molar-refractivity contribution in [3.05, 3.63) is 117 Å². The van der Waals surface area contributed by atoms with Gasteiger partial charge in [-0.05, 0) is 139 Å². The number of Topliss-reactive ketones (excluding diaryl/α,β-unsaturated/α-hetero) is 3. The number of nitrogens with one attached hydrogen (secondary N) is 1. The van der Waals surface area contributed by atoms with Gasteiger partial charge in [0.15, 0.2) is 20.2 Å². The Morgan fingerprint density at radius 2 is 0.988 bits per heavy atom. The summed E-state index contributed by atoms with van der Waals surface area (Å²) < 4.78 is 46.9. The van der Waals surface area contributed by atoms with E-state index in [1.807, 2.05) is 66.7 Å². The predicted octanol–water partition coefficient (Wildman–Crippen LogP) is 10.7. The van der Waals surface area contributed by atoms with Gasteiger partial charge in [0.1, 0.15) is 13.2 Å². The van der Waals surface area contributed by atoms with Gasteiger partial charge in [-0.3, -0.25) is 19.2 Å². The number of unbranched alkanes of at least 4 members (excludes halogenated alkanes) is 5. The zero-order valence-corrected chi connectivity index (χ0v) is 48.3. The molecule has 0 spiro atoms. The monoisotopic (exact) mass is 1140 g/mol. The summed E-state index contributed by atoms with van der Waals surface area (Å²) in [7, 11) is 0. The molecule has 0 radical (unpaired) electrons. The van der Waals surface area contributed by atoms with Crippen molar-refractivity contribution in [2.75, 3.05) is 85.8 Å². The molecule has 2 atom stereocenters. The lowest BCUT2D eigenvalue weighted by atomic mass is 9.93. The Balaban J connectivity index is 0.000000308. The first-order valence-corrected chi connectivity index (χ1v) is 29.6. The number of amides is 3. The van der Waals surface area contributed by atoms with Crippen LogP contribution in [0.5, 0.6) is 0 Å². The van der Waals surface area contributed by atoms with Crippen LogP contribution in [0.2, 0.25) is 2.82 Å². The Bertz CT molecular complexity index is 2630. The first kappa shape index (κ1) is 63.2. The van der Waals surface area contributed by atoms with E-state index in [0.29, 0.717) is 134 Å². The van der Waals surface area contributed by atoms with Crippen LogP contribution in [0.15, 0.2) is 72.8 Å². The van der Waals surface area contributed by atoms with Gasteiger partial charge in [-0.1, -0.05) is 87.4 Å². The van der Waals surface area contributed by atoms with Crippen LogP contribution in [-0.2, 0) is 39.6 Å². The number of benzene rings is 4. The third-order valence-corrected chi connectivity index (χ3v) is 14.5. The Labute approximate surface area is 487 Å². The van der Waals surface area contributed by atoms with Gasteiger partial charge in [0.25, 0.3) is 0 Å². The van der Waals surface area contributed by atoms with Crippen molar-refractivity contribution in [1.82, 2.24) is 5.32 Å². The number of hydrogen-bond acceptors (Lipinski definition) is 14. The Morgan fingerprint density at radius 1 is 0.500 bits per heavy atom. The Morgan fingerprint density at radius 3 is 1.55 bits per heavy atom. The van der Waals surface area contributed by atoms with Gasteiger partial charge in [0.05, 0.1) is 6.61 Å².